The number of rotatable bonds is 18. The average molecular weight is 1300 g/mol. The highest BCUT2D eigenvalue weighted by Crippen LogP contribution is 2.34. The fraction of sp³-hybridized carbons (Fsp3) is 0.0727. The lowest BCUT2D eigenvalue weighted by atomic mass is 10.2. The first kappa shape index (κ1) is 61.8. The first-order valence-corrected chi connectivity index (χ1v) is 32.0. The van der Waals surface area contributed by atoms with E-state index in [0.717, 1.165) is 23.5 Å². The average Bonchev–Trinajstić information content (AvgIpc) is 1.43. The van der Waals surface area contributed by atoms with E-state index in [1.807, 2.05) is 36.4 Å². The van der Waals surface area contributed by atoms with E-state index in [4.69, 9.17) is 9.47 Å². The van der Waals surface area contributed by atoms with E-state index in [9.17, 15) is 52.8 Å². The second-order valence-corrected chi connectivity index (χ2v) is 25.2. The van der Waals surface area contributed by atoms with Gasteiger partial charge in [0, 0.05) is 69.5 Å². The molecule has 6 heterocycles. The maximum absolute atomic E-state index is 12.9. The second-order valence-electron chi connectivity index (χ2n) is 17.5. The van der Waals surface area contributed by atoms with Crippen molar-refractivity contribution in [3.8, 4) is 11.5 Å². The zero-order valence-corrected chi connectivity index (χ0v) is 49.3. The molecule has 32 heteroatoms. The van der Waals surface area contributed by atoms with Gasteiger partial charge >= 0.3 is 12.1 Å². The van der Waals surface area contributed by atoms with Crippen molar-refractivity contribution >= 4 is 147 Å². The van der Waals surface area contributed by atoms with Crippen LogP contribution in [0.15, 0.2) is 201 Å². The fourth-order valence-corrected chi connectivity index (χ4v) is 13.8. The van der Waals surface area contributed by atoms with Crippen LogP contribution in [0.25, 0.3) is 32.7 Å². The summed E-state index contributed by atoms with van der Waals surface area (Å²) in [7, 11) is -11.8. The molecular formula is C55H43F3N12O11S6. The maximum atomic E-state index is 12.9. The fourth-order valence-electron chi connectivity index (χ4n) is 7.81. The Morgan fingerprint density at radius 1 is 0.471 bits per heavy atom. The van der Waals surface area contributed by atoms with E-state index < -0.39 is 48.3 Å². The largest absolute Gasteiger partial charge is 0.484 e. The Morgan fingerprint density at radius 2 is 0.851 bits per heavy atom. The Morgan fingerprint density at radius 3 is 1.23 bits per heavy atom. The number of carbonyl (C=O) groups is 3. The number of aromatic nitrogens is 6. The van der Waals surface area contributed by atoms with Crippen molar-refractivity contribution in [3.63, 3.8) is 0 Å². The first-order valence-electron chi connectivity index (χ1n) is 24.9. The van der Waals surface area contributed by atoms with E-state index in [1.165, 1.54) is 96.3 Å². The van der Waals surface area contributed by atoms with Crippen molar-refractivity contribution in [2.45, 2.75) is 33.9 Å². The van der Waals surface area contributed by atoms with Gasteiger partial charge in [-0.1, -0.05) is 36.4 Å². The Bertz CT molecular complexity index is 4580. The van der Waals surface area contributed by atoms with E-state index in [2.05, 4.69) is 54.7 Å². The third-order valence-electron chi connectivity index (χ3n) is 11.6. The summed E-state index contributed by atoms with van der Waals surface area (Å²) >= 11 is 3.42. The number of halogens is 3. The molecule has 0 radical (unpaired) electrons. The molecule has 11 aromatic rings. The number of fused-ring (bicyclic) bond motifs is 3. The van der Waals surface area contributed by atoms with Gasteiger partial charge in [-0.05, 0) is 104 Å². The van der Waals surface area contributed by atoms with E-state index in [0.29, 0.717) is 44.7 Å². The highest BCUT2D eigenvalue weighted by molar-refractivity contribution is 7.93. The SMILES string of the molecule is CC(Oc1ccccc1)C(=O)Nc1ccc(S(=O)(=O)Nc2nccs2)c2cccnc12.O=C(COc1ccccc1)Nc1ccc(S(=O)(=O)Nc2nccs2)c2cccnc12.O=C(Nc1ccc(S(=O)(=O)Nc2nccs2)c2cccnc12)C(F)(F)F. The first-order chi connectivity index (χ1) is 41.6. The number of nitrogens with one attached hydrogen (secondary N) is 6. The third kappa shape index (κ3) is 15.8. The molecule has 1 unspecified atom stereocenters. The van der Waals surface area contributed by atoms with E-state index in [1.54, 1.807) is 76.9 Å². The highest BCUT2D eigenvalue weighted by atomic mass is 32.2. The van der Waals surface area contributed by atoms with Gasteiger partial charge in [-0.15, -0.1) is 34.0 Å². The van der Waals surface area contributed by atoms with Gasteiger partial charge in [0.05, 0.1) is 48.3 Å². The number of para-hydroxylation sites is 2. The number of ether oxygens (including phenoxy) is 2. The van der Waals surface area contributed by atoms with Crippen molar-refractivity contribution in [1.82, 2.24) is 29.9 Å². The van der Waals surface area contributed by atoms with Crippen molar-refractivity contribution < 1.29 is 62.3 Å². The van der Waals surface area contributed by atoms with Crippen LogP contribution in [0.4, 0.5) is 45.6 Å². The summed E-state index contributed by atoms with van der Waals surface area (Å²) in [5, 5.41) is 13.6. The number of hydrogen-bond acceptors (Lipinski definition) is 20. The summed E-state index contributed by atoms with van der Waals surface area (Å²) in [5.41, 5.74) is 1.14. The van der Waals surface area contributed by atoms with Crippen LogP contribution in [-0.4, -0.2) is 91.8 Å². The topological polar surface area (TPSA) is 322 Å². The van der Waals surface area contributed by atoms with Crippen LogP contribution in [0.3, 0.4) is 0 Å². The highest BCUT2D eigenvalue weighted by Gasteiger charge is 2.39. The molecule has 3 amide bonds. The number of benzene rings is 5. The molecule has 87 heavy (non-hydrogen) atoms. The summed E-state index contributed by atoms with van der Waals surface area (Å²) in [6.07, 6.45) is 2.93. The van der Waals surface area contributed by atoms with Crippen LogP contribution in [0.2, 0.25) is 0 Å². The van der Waals surface area contributed by atoms with Crippen LogP contribution in [-0.2, 0) is 44.5 Å². The van der Waals surface area contributed by atoms with Gasteiger partial charge in [-0.3, -0.25) is 43.5 Å². The van der Waals surface area contributed by atoms with E-state index in [-0.39, 0.29) is 65.1 Å². The number of hydrogen-bond donors (Lipinski definition) is 6. The van der Waals surface area contributed by atoms with Gasteiger partial charge in [0.1, 0.15) is 11.5 Å². The Labute approximate surface area is 504 Å². The Kier molecular flexibility index (Phi) is 19.3. The van der Waals surface area contributed by atoms with Crippen LogP contribution in [0.5, 0.6) is 11.5 Å². The molecule has 6 aromatic heterocycles. The van der Waals surface area contributed by atoms with Crippen molar-refractivity contribution in [1.29, 1.82) is 0 Å². The van der Waals surface area contributed by atoms with Gasteiger partial charge in [0.15, 0.2) is 28.1 Å². The molecule has 0 bridgehead atoms. The number of alkyl halides is 3. The Hall–Kier alpha value is -9.73. The molecule has 0 spiro atoms. The molecular weight excluding hydrogens is 1250 g/mol. The van der Waals surface area contributed by atoms with E-state index >= 15 is 0 Å². The van der Waals surface area contributed by atoms with Gasteiger partial charge in [0.2, 0.25) is 0 Å². The van der Waals surface area contributed by atoms with Crippen LogP contribution >= 0.6 is 34.0 Å². The van der Waals surface area contributed by atoms with Gasteiger partial charge < -0.3 is 25.4 Å². The van der Waals surface area contributed by atoms with Crippen molar-refractivity contribution in [2.75, 3.05) is 36.7 Å². The van der Waals surface area contributed by atoms with Gasteiger partial charge in [-0.2, -0.15) is 13.2 Å². The molecule has 23 nitrogen and oxygen atoms in total. The minimum Gasteiger partial charge on any atom is -0.484 e. The summed E-state index contributed by atoms with van der Waals surface area (Å²) in [4.78, 5) is 60.2. The Balaban J connectivity index is 0.000000156. The summed E-state index contributed by atoms with van der Waals surface area (Å²) in [6, 6.07) is 35.3. The summed E-state index contributed by atoms with van der Waals surface area (Å²) in [6.45, 7) is 1.44. The molecule has 5 aromatic carbocycles. The number of sulfonamides is 3. The maximum Gasteiger partial charge on any atom is 0.471 e. The van der Waals surface area contributed by atoms with Crippen molar-refractivity contribution in [2.24, 2.45) is 0 Å². The molecule has 0 saturated carbocycles. The zero-order valence-electron chi connectivity index (χ0n) is 44.4. The lowest BCUT2D eigenvalue weighted by molar-refractivity contribution is -0.167. The molecule has 446 valence electrons. The number of nitrogens with zero attached hydrogens (tertiary/aromatic N) is 6. The predicted molar refractivity (Wildman–Crippen MR) is 324 cm³/mol. The summed E-state index contributed by atoms with van der Waals surface area (Å²) in [5.74, 6) is -1.80. The van der Waals surface area contributed by atoms with Crippen LogP contribution < -0.4 is 39.6 Å². The van der Waals surface area contributed by atoms with Crippen LogP contribution in [0, 0.1) is 0 Å². The molecule has 6 N–H and O–H groups in total. The zero-order chi connectivity index (χ0) is 61.8. The minimum absolute atomic E-state index is 0.0392. The number of amides is 3. The number of thiazole rings is 3. The molecule has 0 aliphatic carbocycles. The quantitative estimate of drug-likeness (QED) is 0.0465. The number of anilines is 6. The predicted octanol–water partition coefficient (Wildman–Crippen LogP) is 10.4. The molecule has 0 fully saturated rings. The molecule has 0 aliphatic heterocycles. The normalized spacial score (nSPS) is 11.9. The third-order valence-corrected chi connectivity index (χ3v) is 18.2. The van der Waals surface area contributed by atoms with Crippen molar-refractivity contribution in [3.05, 3.63) is 187 Å². The van der Waals surface area contributed by atoms with Gasteiger partial charge in [0.25, 0.3) is 41.9 Å². The number of carbonyl (C=O) groups excluding carboxylic acids is 3. The number of pyridine rings is 3. The monoisotopic (exact) mass is 1300 g/mol. The lowest BCUT2D eigenvalue weighted by Crippen LogP contribution is -2.30. The van der Waals surface area contributed by atoms with Gasteiger partial charge in [-0.25, -0.2) is 40.2 Å². The smallest absolute Gasteiger partial charge is 0.471 e. The minimum atomic E-state index is -5.09. The standard InChI is InChI=1S/C21H18N4O4S2.C20H16N4O4S2.C14H9F3N4O3S2/c1-14(29-15-6-3-2-4-7-15)20(26)24-17-9-10-18(16-8-5-11-22-19(16)17)31(27,28)25-21-23-12-13-30-21;25-18(13-28-14-5-2-1-3-6-14)23-16-8-9-17(15-7-4-10-21-19(15)16)30(26,27)24-20-22-11-12-29-20;15-14(16,17)12(22)20-9-3-4-10(8-2-1-5-18-11(8)9)26(23,24)21-13-19-6-7-25-13/h2-14H,1H3,(H,23,25)(H,24,26);1-12H,13H2,(H,22,24)(H,23,25);1-7H,(H,19,21)(H,20,22). The summed E-state index contributed by atoms with van der Waals surface area (Å²) < 4.78 is 132. The second kappa shape index (κ2) is 27.1. The molecule has 0 saturated heterocycles. The molecule has 0 aliphatic rings. The lowest BCUT2D eigenvalue weighted by Gasteiger charge is -2.16. The molecule has 11 rings (SSSR count). The molecule has 1 atom stereocenters. The van der Waals surface area contributed by atoms with Crippen LogP contribution in [0.1, 0.15) is 6.92 Å².